The summed E-state index contributed by atoms with van der Waals surface area (Å²) >= 11 is 0. The predicted octanol–water partition coefficient (Wildman–Crippen LogP) is 5.25. The molecule has 0 heterocycles. The van der Waals surface area contributed by atoms with Crippen LogP contribution >= 0.6 is 0 Å². The Labute approximate surface area is 147 Å². The highest BCUT2D eigenvalue weighted by Gasteiger charge is 2.12. The Hall–Kier alpha value is -1.96. The molecule has 2 aromatic rings. The monoisotopic (exact) mass is 324 g/mol. The number of rotatable bonds is 6. The molecule has 0 bridgehead atoms. The summed E-state index contributed by atoms with van der Waals surface area (Å²) in [6.07, 6.45) is 3.87. The molecule has 0 atom stereocenters. The summed E-state index contributed by atoms with van der Waals surface area (Å²) in [4.78, 5) is 0. The van der Waals surface area contributed by atoms with E-state index < -0.39 is 0 Å². The Morgan fingerprint density at radius 2 is 1.12 bits per heavy atom. The van der Waals surface area contributed by atoms with Crippen molar-refractivity contribution in [2.45, 2.75) is 66.2 Å². The molecule has 0 unspecified atom stereocenters. The van der Waals surface area contributed by atoms with Crippen LogP contribution in [0.2, 0.25) is 0 Å². The second-order valence-electron chi connectivity index (χ2n) is 6.98. The molecule has 130 valence electrons. The molecular weight excluding hydrogens is 292 g/mol. The molecule has 0 aliphatic rings. The number of hydrogen-bond acceptors (Lipinski definition) is 2. The molecule has 0 radical (unpaired) electrons. The van der Waals surface area contributed by atoms with Crippen molar-refractivity contribution in [3.8, 4) is 0 Å². The van der Waals surface area contributed by atoms with Crippen molar-refractivity contribution in [3.05, 3.63) is 57.6 Å². The topological polar surface area (TPSA) is 52.0 Å². The van der Waals surface area contributed by atoms with Gasteiger partial charge in [0.15, 0.2) is 0 Å². The summed E-state index contributed by atoms with van der Waals surface area (Å²) in [6, 6.07) is 9.10. The van der Waals surface area contributed by atoms with Gasteiger partial charge in [-0.3, -0.25) is 0 Å². The average Bonchev–Trinajstić information content (AvgIpc) is 2.57. The largest absolute Gasteiger partial charge is 0.398 e. The van der Waals surface area contributed by atoms with E-state index in [2.05, 4.69) is 58.9 Å². The van der Waals surface area contributed by atoms with Crippen molar-refractivity contribution in [2.75, 3.05) is 11.5 Å². The second-order valence-corrected chi connectivity index (χ2v) is 6.98. The van der Waals surface area contributed by atoms with Gasteiger partial charge in [0.2, 0.25) is 0 Å². The van der Waals surface area contributed by atoms with Crippen molar-refractivity contribution in [1.29, 1.82) is 0 Å². The van der Waals surface area contributed by atoms with Crippen LogP contribution in [0.15, 0.2) is 24.3 Å². The first-order valence-corrected chi connectivity index (χ1v) is 9.22. The van der Waals surface area contributed by atoms with Crippen LogP contribution in [0.4, 0.5) is 11.4 Å². The number of hydrogen-bond donors (Lipinski definition) is 2. The van der Waals surface area contributed by atoms with Gasteiger partial charge < -0.3 is 11.5 Å². The van der Waals surface area contributed by atoms with Crippen LogP contribution in [0, 0.1) is 0 Å². The molecule has 0 fully saturated rings. The lowest BCUT2D eigenvalue weighted by atomic mass is 9.90. The van der Waals surface area contributed by atoms with Crippen molar-refractivity contribution >= 4 is 11.4 Å². The van der Waals surface area contributed by atoms with Crippen molar-refractivity contribution in [2.24, 2.45) is 0 Å². The van der Waals surface area contributed by atoms with Crippen LogP contribution < -0.4 is 11.5 Å². The molecule has 24 heavy (non-hydrogen) atoms. The predicted molar refractivity (Wildman–Crippen MR) is 107 cm³/mol. The van der Waals surface area contributed by atoms with Crippen LogP contribution in [-0.2, 0) is 25.7 Å². The van der Waals surface area contributed by atoms with Crippen molar-refractivity contribution < 1.29 is 0 Å². The molecule has 2 heteroatoms. The third kappa shape index (κ3) is 3.75. The Balaban J connectivity index is 2.46. The zero-order chi connectivity index (χ0) is 17.9. The van der Waals surface area contributed by atoms with Gasteiger partial charge in [-0.05, 0) is 65.0 Å². The number of anilines is 2. The highest BCUT2D eigenvalue weighted by molar-refractivity contribution is 5.59. The lowest BCUT2D eigenvalue weighted by Crippen LogP contribution is -2.05. The van der Waals surface area contributed by atoms with E-state index in [0.717, 1.165) is 37.1 Å². The Kier molecular flexibility index (Phi) is 5.93. The first-order valence-electron chi connectivity index (χ1n) is 9.22. The zero-order valence-electron chi connectivity index (χ0n) is 15.9. The van der Waals surface area contributed by atoms with E-state index in [-0.39, 0.29) is 0 Å². The van der Waals surface area contributed by atoms with E-state index in [9.17, 15) is 0 Å². The highest BCUT2D eigenvalue weighted by atomic mass is 14.6. The van der Waals surface area contributed by atoms with Gasteiger partial charge in [0.05, 0.1) is 0 Å². The van der Waals surface area contributed by atoms with Gasteiger partial charge in [0.1, 0.15) is 0 Å². The molecule has 0 aromatic heterocycles. The summed E-state index contributed by atoms with van der Waals surface area (Å²) in [6.45, 7) is 10.9. The summed E-state index contributed by atoms with van der Waals surface area (Å²) in [5.74, 6) is 0.444. The lowest BCUT2D eigenvalue weighted by Gasteiger charge is -2.17. The molecule has 4 N–H and O–H groups in total. The first-order chi connectivity index (χ1) is 11.4. The van der Waals surface area contributed by atoms with E-state index >= 15 is 0 Å². The molecule has 2 rings (SSSR count). The van der Waals surface area contributed by atoms with Crippen LogP contribution in [0.1, 0.15) is 73.9 Å². The third-order valence-electron chi connectivity index (χ3n) is 4.94. The van der Waals surface area contributed by atoms with Crippen molar-refractivity contribution in [3.63, 3.8) is 0 Å². The van der Waals surface area contributed by atoms with Crippen LogP contribution in [0.3, 0.4) is 0 Å². The minimum Gasteiger partial charge on any atom is -0.398 e. The van der Waals surface area contributed by atoms with Crippen LogP contribution in [0.25, 0.3) is 0 Å². The average molecular weight is 325 g/mol. The normalized spacial score (nSPS) is 11.2. The maximum absolute atomic E-state index is 6.35. The number of nitrogen functional groups attached to an aromatic ring is 2. The third-order valence-corrected chi connectivity index (χ3v) is 4.94. The first kappa shape index (κ1) is 18.4. The van der Waals surface area contributed by atoms with Gasteiger partial charge in [0, 0.05) is 11.4 Å². The maximum atomic E-state index is 6.35. The summed E-state index contributed by atoms with van der Waals surface area (Å²) in [5, 5.41) is 0. The lowest BCUT2D eigenvalue weighted by molar-refractivity contribution is 0.862. The van der Waals surface area contributed by atoms with Gasteiger partial charge in [-0.1, -0.05) is 58.9 Å². The molecule has 0 aliphatic carbocycles. The van der Waals surface area contributed by atoms with Crippen LogP contribution in [0.5, 0.6) is 0 Å². The molecule has 0 aliphatic heterocycles. The molecule has 0 saturated heterocycles. The fourth-order valence-corrected chi connectivity index (χ4v) is 3.45. The second kappa shape index (κ2) is 7.74. The van der Waals surface area contributed by atoms with E-state index in [1.54, 1.807) is 0 Å². The van der Waals surface area contributed by atoms with Crippen LogP contribution in [-0.4, -0.2) is 0 Å². The number of benzene rings is 2. The molecule has 0 spiro atoms. The minimum atomic E-state index is 0.444. The fraction of sp³-hybridized carbons (Fsp3) is 0.455. The van der Waals surface area contributed by atoms with Gasteiger partial charge in [-0.15, -0.1) is 0 Å². The number of nitrogens with two attached hydrogens (primary N) is 2. The summed E-state index contributed by atoms with van der Waals surface area (Å²) in [5.41, 5.74) is 22.3. The Morgan fingerprint density at radius 3 is 1.54 bits per heavy atom. The van der Waals surface area contributed by atoms with E-state index in [4.69, 9.17) is 11.5 Å². The van der Waals surface area contributed by atoms with Gasteiger partial charge >= 0.3 is 0 Å². The van der Waals surface area contributed by atoms with Gasteiger partial charge in [-0.25, -0.2) is 0 Å². The molecule has 2 aromatic carbocycles. The number of aryl methyl sites for hydroxylation is 3. The molecule has 2 nitrogen and oxygen atoms in total. The summed E-state index contributed by atoms with van der Waals surface area (Å²) < 4.78 is 0. The molecular formula is C22H32N2. The highest BCUT2D eigenvalue weighted by Crippen LogP contribution is 2.29. The van der Waals surface area contributed by atoms with E-state index in [1.807, 2.05) is 0 Å². The Morgan fingerprint density at radius 1 is 0.708 bits per heavy atom. The zero-order valence-corrected chi connectivity index (χ0v) is 15.9. The van der Waals surface area contributed by atoms with E-state index in [0.29, 0.717) is 5.92 Å². The van der Waals surface area contributed by atoms with Gasteiger partial charge in [-0.2, -0.15) is 0 Å². The Bertz CT molecular complexity index is 689. The SMILES string of the molecule is CCc1cc(Cc2cc(CC)c(N)c(C(C)C)c2)cc(CC)c1N. The van der Waals surface area contributed by atoms with Gasteiger partial charge in [0.25, 0.3) is 0 Å². The van der Waals surface area contributed by atoms with E-state index in [1.165, 1.54) is 33.4 Å². The molecule has 0 amide bonds. The maximum Gasteiger partial charge on any atom is 0.0381 e. The quantitative estimate of drug-likeness (QED) is 0.713. The minimum absolute atomic E-state index is 0.444. The smallest absolute Gasteiger partial charge is 0.0381 e. The standard InChI is InChI=1S/C22H32N2/c1-6-17-10-15(11-18(7-2)21(17)23)9-16-12-19(8-3)22(24)20(13-16)14(4)5/h10-14H,6-9,23-24H2,1-5H3. The fourth-order valence-electron chi connectivity index (χ4n) is 3.45. The van der Waals surface area contributed by atoms with Crippen molar-refractivity contribution in [1.82, 2.24) is 0 Å². The summed E-state index contributed by atoms with van der Waals surface area (Å²) in [7, 11) is 0. The molecule has 0 saturated carbocycles.